The summed E-state index contributed by atoms with van der Waals surface area (Å²) in [7, 11) is -3.57. The van der Waals surface area contributed by atoms with E-state index in [1.807, 2.05) is 31.2 Å². The van der Waals surface area contributed by atoms with E-state index in [2.05, 4.69) is 4.90 Å². The average molecular weight is 437 g/mol. The van der Waals surface area contributed by atoms with Crippen LogP contribution in [0.3, 0.4) is 0 Å². The third-order valence-electron chi connectivity index (χ3n) is 5.26. The second kappa shape index (κ2) is 9.26. The summed E-state index contributed by atoms with van der Waals surface area (Å²) in [4.78, 5) is 13.5. The topological polar surface area (TPSA) is 77.9 Å². The van der Waals surface area contributed by atoms with Gasteiger partial charge in [0.05, 0.1) is 4.90 Å². The van der Waals surface area contributed by atoms with Crippen molar-refractivity contribution in [1.29, 1.82) is 0 Å². The molecule has 0 radical (unpaired) electrons. The summed E-state index contributed by atoms with van der Waals surface area (Å²) in [6.45, 7) is 3.83. The molecule has 156 valence electrons. The van der Waals surface area contributed by atoms with Gasteiger partial charge in [0, 0.05) is 43.7 Å². The Kier molecular flexibility index (Phi) is 6.95. The maximum Gasteiger partial charge on any atom is 0.303 e. The highest BCUT2D eigenvalue weighted by molar-refractivity contribution is 7.89. The zero-order valence-corrected chi connectivity index (χ0v) is 17.9. The van der Waals surface area contributed by atoms with Crippen molar-refractivity contribution < 1.29 is 18.3 Å². The second-order valence-electron chi connectivity index (χ2n) is 7.25. The van der Waals surface area contributed by atoms with Crippen molar-refractivity contribution in [3.8, 4) is 0 Å². The van der Waals surface area contributed by atoms with Crippen molar-refractivity contribution in [3.63, 3.8) is 0 Å². The number of aryl methyl sites for hydroxylation is 1. The Morgan fingerprint density at radius 3 is 2.17 bits per heavy atom. The lowest BCUT2D eigenvalue weighted by Crippen LogP contribution is -2.49. The Labute approximate surface area is 176 Å². The molecule has 0 bridgehead atoms. The number of hydrogen-bond donors (Lipinski definition) is 1. The summed E-state index contributed by atoms with van der Waals surface area (Å²) in [5, 5.41) is 9.62. The van der Waals surface area contributed by atoms with Gasteiger partial charge in [0.2, 0.25) is 10.0 Å². The SMILES string of the molecule is Cc1ccc([C@H](CCC(=O)O)N2CCN(S(=O)(=O)c3ccc(Cl)cc3)CC2)cc1. The minimum absolute atomic E-state index is 0.0490. The Morgan fingerprint density at radius 1 is 1.03 bits per heavy atom. The summed E-state index contributed by atoms with van der Waals surface area (Å²) in [6, 6.07) is 14.2. The summed E-state index contributed by atoms with van der Waals surface area (Å²) in [5.41, 5.74) is 2.20. The Hall–Kier alpha value is -1.93. The van der Waals surface area contributed by atoms with Gasteiger partial charge in [-0.1, -0.05) is 41.4 Å². The Bertz CT molecular complexity index is 938. The molecular formula is C21H25ClN2O4S. The minimum Gasteiger partial charge on any atom is -0.481 e. The summed E-state index contributed by atoms with van der Waals surface area (Å²) >= 11 is 5.86. The third kappa shape index (κ3) is 5.36. The van der Waals surface area contributed by atoms with Gasteiger partial charge in [-0.3, -0.25) is 9.69 Å². The van der Waals surface area contributed by atoms with Gasteiger partial charge < -0.3 is 5.11 Å². The number of rotatable bonds is 7. The molecule has 1 aliphatic heterocycles. The van der Waals surface area contributed by atoms with Gasteiger partial charge in [-0.25, -0.2) is 8.42 Å². The fourth-order valence-corrected chi connectivity index (χ4v) is 5.17. The van der Waals surface area contributed by atoms with Crippen LogP contribution >= 0.6 is 11.6 Å². The van der Waals surface area contributed by atoms with Crippen molar-refractivity contribution in [3.05, 3.63) is 64.7 Å². The van der Waals surface area contributed by atoms with Crippen molar-refractivity contribution in [2.75, 3.05) is 26.2 Å². The summed E-state index contributed by atoms with van der Waals surface area (Å²) in [6.07, 6.45) is 0.560. The lowest BCUT2D eigenvalue weighted by Gasteiger charge is -2.39. The van der Waals surface area contributed by atoms with E-state index in [4.69, 9.17) is 16.7 Å². The highest BCUT2D eigenvalue weighted by Crippen LogP contribution is 2.29. The molecule has 0 unspecified atom stereocenters. The molecule has 1 aliphatic rings. The van der Waals surface area contributed by atoms with E-state index in [9.17, 15) is 13.2 Å². The molecule has 1 saturated heterocycles. The first-order valence-electron chi connectivity index (χ1n) is 9.55. The highest BCUT2D eigenvalue weighted by atomic mass is 35.5. The minimum atomic E-state index is -3.57. The largest absolute Gasteiger partial charge is 0.481 e. The van der Waals surface area contributed by atoms with Crippen LogP contribution in [0, 0.1) is 6.92 Å². The number of halogens is 1. The van der Waals surface area contributed by atoms with Gasteiger partial charge in [0.15, 0.2) is 0 Å². The molecule has 0 aliphatic carbocycles. The molecule has 1 heterocycles. The van der Waals surface area contributed by atoms with Crippen molar-refractivity contribution >= 4 is 27.6 Å². The number of piperazine rings is 1. The van der Waals surface area contributed by atoms with E-state index < -0.39 is 16.0 Å². The smallest absolute Gasteiger partial charge is 0.303 e. The van der Waals surface area contributed by atoms with Crippen molar-refractivity contribution in [1.82, 2.24) is 9.21 Å². The normalized spacial score (nSPS) is 17.2. The van der Waals surface area contributed by atoms with Crippen LogP contribution in [0.4, 0.5) is 0 Å². The predicted octanol–water partition coefficient (Wildman–Crippen LogP) is 3.56. The fourth-order valence-electron chi connectivity index (χ4n) is 3.62. The molecule has 2 aromatic rings. The lowest BCUT2D eigenvalue weighted by molar-refractivity contribution is -0.137. The number of aliphatic carboxylic acids is 1. The molecule has 3 rings (SSSR count). The fraction of sp³-hybridized carbons (Fsp3) is 0.381. The summed E-state index contributed by atoms with van der Waals surface area (Å²) in [5.74, 6) is -0.828. The van der Waals surface area contributed by atoms with E-state index in [1.54, 1.807) is 12.1 Å². The molecule has 2 aromatic carbocycles. The number of carbonyl (C=O) groups is 1. The molecule has 0 aromatic heterocycles. The number of nitrogens with zero attached hydrogens (tertiary/aromatic N) is 2. The van der Waals surface area contributed by atoms with Crippen molar-refractivity contribution in [2.24, 2.45) is 0 Å². The molecule has 29 heavy (non-hydrogen) atoms. The molecule has 1 atom stereocenters. The number of benzene rings is 2. The van der Waals surface area contributed by atoms with Crippen LogP contribution in [0.5, 0.6) is 0 Å². The van der Waals surface area contributed by atoms with Gasteiger partial charge in [0.25, 0.3) is 0 Å². The number of hydrogen-bond acceptors (Lipinski definition) is 4. The molecule has 0 saturated carbocycles. The first kappa shape index (κ1) is 21.8. The van der Waals surface area contributed by atoms with Crippen LogP contribution in [-0.2, 0) is 14.8 Å². The van der Waals surface area contributed by atoms with Crippen LogP contribution in [-0.4, -0.2) is 54.9 Å². The first-order valence-corrected chi connectivity index (χ1v) is 11.4. The van der Waals surface area contributed by atoms with Crippen LogP contribution in [0.1, 0.15) is 30.0 Å². The van der Waals surface area contributed by atoms with Crippen LogP contribution in [0.25, 0.3) is 0 Å². The van der Waals surface area contributed by atoms with Crippen molar-refractivity contribution in [2.45, 2.75) is 30.7 Å². The van der Waals surface area contributed by atoms with Crippen LogP contribution < -0.4 is 0 Å². The standard InChI is InChI=1S/C21H25ClN2O4S/c1-16-2-4-17(5-3-16)20(10-11-21(25)26)23-12-14-24(15-13-23)29(27,28)19-8-6-18(22)7-9-19/h2-9,20H,10-15H2,1H3,(H,25,26)/t20-/m0/s1. The van der Waals surface area contributed by atoms with Crippen LogP contribution in [0.15, 0.2) is 53.4 Å². The van der Waals surface area contributed by atoms with Gasteiger partial charge in [0.1, 0.15) is 0 Å². The second-order valence-corrected chi connectivity index (χ2v) is 9.63. The Morgan fingerprint density at radius 2 is 1.62 bits per heavy atom. The third-order valence-corrected chi connectivity index (χ3v) is 7.42. The molecule has 0 spiro atoms. The zero-order chi connectivity index (χ0) is 21.0. The number of carboxylic acids is 1. The lowest BCUT2D eigenvalue weighted by atomic mass is 9.98. The molecule has 6 nitrogen and oxygen atoms in total. The monoisotopic (exact) mass is 436 g/mol. The van der Waals surface area contributed by atoms with E-state index in [0.29, 0.717) is 37.6 Å². The van der Waals surface area contributed by atoms with E-state index >= 15 is 0 Å². The molecule has 1 N–H and O–H groups in total. The Balaban J connectivity index is 1.72. The van der Waals surface area contributed by atoms with Gasteiger partial charge in [-0.2, -0.15) is 4.31 Å². The summed E-state index contributed by atoms with van der Waals surface area (Å²) < 4.78 is 27.3. The average Bonchev–Trinajstić information content (AvgIpc) is 2.70. The van der Waals surface area contributed by atoms with Crippen LogP contribution in [0.2, 0.25) is 5.02 Å². The van der Waals surface area contributed by atoms with Gasteiger partial charge in [-0.15, -0.1) is 0 Å². The number of carboxylic acid groups (broad SMARTS) is 1. The number of sulfonamides is 1. The van der Waals surface area contributed by atoms with E-state index in [1.165, 1.54) is 16.4 Å². The molecule has 8 heteroatoms. The predicted molar refractivity (Wildman–Crippen MR) is 113 cm³/mol. The molecule has 1 fully saturated rings. The van der Waals surface area contributed by atoms with Gasteiger partial charge in [-0.05, 0) is 43.2 Å². The first-order chi connectivity index (χ1) is 13.8. The van der Waals surface area contributed by atoms with E-state index in [0.717, 1.165) is 11.1 Å². The van der Waals surface area contributed by atoms with E-state index in [-0.39, 0.29) is 17.4 Å². The highest BCUT2D eigenvalue weighted by Gasteiger charge is 2.31. The molecular weight excluding hydrogens is 412 g/mol. The molecule has 0 amide bonds. The maximum absolute atomic E-state index is 12.9. The quantitative estimate of drug-likeness (QED) is 0.718. The zero-order valence-electron chi connectivity index (χ0n) is 16.3. The van der Waals surface area contributed by atoms with Gasteiger partial charge >= 0.3 is 5.97 Å². The maximum atomic E-state index is 12.9.